The van der Waals surface area contributed by atoms with Gasteiger partial charge in [0.25, 0.3) is 0 Å². The van der Waals surface area contributed by atoms with Crippen molar-refractivity contribution in [3.63, 3.8) is 0 Å². The first-order chi connectivity index (χ1) is 12.2. The van der Waals surface area contributed by atoms with Crippen LogP contribution in [0.3, 0.4) is 0 Å². The predicted octanol–water partition coefficient (Wildman–Crippen LogP) is 3.76. The summed E-state index contributed by atoms with van der Waals surface area (Å²) >= 11 is 0. The Hall–Kier alpha value is -2.15. The number of nitriles is 1. The number of hydrogen-bond acceptors (Lipinski definition) is 3. The monoisotopic (exact) mass is 334 g/mol. The smallest absolute Gasteiger partial charge is 0.0991 e. The molecule has 3 rings (SSSR count). The number of likely N-dealkylation sites (tertiary alicyclic amines) is 1. The van der Waals surface area contributed by atoms with Crippen molar-refractivity contribution < 1.29 is 5.11 Å². The van der Waals surface area contributed by atoms with Crippen molar-refractivity contribution in [3.05, 3.63) is 71.3 Å². The molecule has 1 aliphatic rings. The molecule has 0 amide bonds. The second kappa shape index (κ2) is 8.80. The first-order valence-electron chi connectivity index (χ1n) is 9.18. The average molecular weight is 334 g/mol. The lowest BCUT2D eigenvalue weighted by Gasteiger charge is -2.34. The summed E-state index contributed by atoms with van der Waals surface area (Å²) in [5, 5.41) is 19.4. The van der Waals surface area contributed by atoms with E-state index in [4.69, 9.17) is 5.26 Å². The Labute approximate surface area is 150 Å². The Morgan fingerprint density at radius 3 is 2.32 bits per heavy atom. The lowest BCUT2D eigenvalue weighted by atomic mass is 9.88. The highest BCUT2D eigenvalue weighted by molar-refractivity contribution is 5.31. The van der Waals surface area contributed by atoms with Gasteiger partial charge in [0.1, 0.15) is 0 Å². The third-order valence-electron chi connectivity index (χ3n) is 5.24. The first kappa shape index (κ1) is 17.7. The van der Waals surface area contributed by atoms with Gasteiger partial charge >= 0.3 is 0 Å². The Morgan fingerprint density at radius 1 is 1.00 bits per heavy atom. The van der Waals surface area contributed by atoms with Gasteiger partial charge < -0.3 is 5.11 Å². The molecule has 1 atom stereocenters. The van der Waals surface area contributed by atoms with Crippen LogP contribution in [-0.2, 0) is 13.0 Å². The normalized spacial score (nSPS) is 17.1. The fourth-order valence-corrected chi connectivity index (χ4v) is 3.63. The van der Waals surface area contributed by atoms with E-state index in [2.05, 4.69) is 35.2 Å². The minimum atomic E-state index is -0.197. The number of benzene rings is 2. The van der Waals surface area contributed by atoms with E-state index >= 15 is 0 Å². The lowest BCUT2D eigenvalue weighted by Crippen LogP contribution is -2.37. The largest absolute Gasteiger partial charge is 0.393 e. The summed E-state index contributed by atoms with van der Waals surface area (Å²) in [7, 11) is 0. The Kier molecular flexibility index (Phi) is 6.22. The van der Waals surface area contributed by atoms with Crippen LogP contribution >= 0.6 is 0 Å². The Balaban J connectivity index is 1.42. The molecule has 1 heterocycles. The quantitative estimate of drug-likeness (QED) is 0.875. The molecule has 1 aliphatic heterocycles. The zero-order valence-corrected chi connectivity index (χ0v) is 14.6. The van der Waals surface area contributed by atoms with E-state index in [0.717, 1.165) is 45.3 Å². The number of hydrogen-bond donors (Lipinski definition) is 1. The Morgan fingerprint density at radius 2 is 1.68 bits per heavy atom. The van der Waals surface area contributed by atoms with Crippen molar-refractivity contribution in [1.29, 1.82) is 5.26 Å². The molecule has 0 spiro atoms. The van der Waals surface area contributed by atoms with Gasteiger partial charge in [-0.15, -0.1) is 0 Å². The molecule has 25 heavy (non-hydrogen) atoms. The maximum Gasteiger partial charge on any atom is 0.0991 e. The lowest BCUT2D eigenvalue weighted by molar-refractivity contribution is 0.0519. The second-order valence-electron chi connectivity index (χ2n) is 7.01. The topological polar surface area (TPSA) is 47.3 Å². The summed E-state index contributed by atoms with van der Waals surface area (Å²) in [6.45, 7) is 3.00. The number of aliphatic hydroxyl groups is 1. The maximum atomic E-state index is 10.5. The molecule has 1 saturated heterocycles. The number of rotatable bonds is 6. The number of aryl methyl sites for hydroxylation is 1. The highest BCUT2D eigenvalue weighted by Gasteiger charge is 2.25. The van der Waals surface area contributed by atoms with Gasteiger partial charge in [-0.05, 0) is 68.0 Å². The van der Waals surface area contributed by atoms with Crippen molar-refractivity contribution in [3.8, 4) is 6.07 Å². The highest BCUT2D eigenvalue weighted by atomic mass is 16.3. The molecular formula is C22H26N2O. The van der Waals surface area contributed by atoms with Crippen LogP contribution < -0.4 is 0 Å². The van der Waals surface area contributed by atoms with Crippen LogP contribution in [0.2, 0.25) is 0 Å². The van der Waals surface area contributed by atoms with Crippen molar-refractivity contribution in [2.45, 2.75) is 38.3 Å². The van der Waals surface area contributed by atoms with Crippen molar-refractivity contribution in [1.82, 2.24) is 4.90 Å². The third kappa shape index (κ3) is 5.16. The zero-order valence-electron chi connectivity index (χ0n) is 14.6. The van der Waals surface area contributed by atoms with Gasteiger partial charge in [-0.2, -0.15) is 5.26 Å². The summed E-state index contributed by atoms with van der Waals surface area (Å²) in [4.78, 5) is 2.45. The zero-order chi connectivity index (χ0) is 17.5. The summed E-state index contributed by atoms with van der Waals surface area (Å²) in [5.74, 6) is 0.418. The van der Waals surface area contributed by atoms with Crippen LogP contribution in [0, 0.1) is 17.2 Å². The highest BCUT2D eigenvalue weighted by Crippen LogP contribution is 2.24. The molecule has 1 N–H and O–H groups in total. The first-order valence-corrected chi connectivity index (χ1v) is 9.18. The molecule has 0 aromatic heterocycles. The molecule has 1 fully saturated rings. The minimum Gasteiger partial charge on any atom is -0.393 e. The van der Waals surface area contributed by atoms with Crippen molar-refractivity contribution in [2.75, 3.05) is 13.1 Å². The number of aliphatic hydroxyl groups excluding tert-OH is 1. The van der Waals surface area contributed by atoms with E-state index in [1.807, 2.05) is 30.3 Å². The molecule has 0 unspecified atom stereocenters. The standard InChI is InChI=1S/C22H26N2O/c23-16-19-6-8-20(9-7-19)17-24-14-12-21(13-15-24)22(25)11-10-18-4-2-1-3-5-18/h1-9,21-22,25H,10-15,17H2/t22-/m1/s1. The molecule has 2 aromatic rings. The minimum absolute atomic E-state index is 0.197. The van der Waals surface area contributed by atoms with Gasteiger partial charge in [0.15, 0.2) is 0 Å². The van der Waals surface area contributed by atoms with E-state index in [0.29, 0.717) is 11.5 Å². The maximum absolute atomic E-state index is 10.5. The van der Waals surface area contributed by atoms with E-state index in [9.17, 15) is 5.11 Å². The van der Waals surface area contributed by atoms with E-state index in [-0.39, 0.29) is 6.10 Å². The summed E-state index contributed by atoms with van der Waals surface area (Å²) in [6, 6.07) is 20.4. The summed E-state index contributed by atoms with van der Waals surface area (Å²) < 4.78 is 0. The van der Waals surface area contributed by atoms with Crippen molar-refractivity contribution in [2.24, 2.45) is 5.92 Å². The average Bonchev–Trinajstić information content (AvgIpc) is 2.68. The van der Waals surface area contributed by atoms with E-state index in [1.165, 1.54) is 11.1 Å². The SMILES string of the molecule is N#Cc1ccc(CN2CCC([C@H](O)CCc3ccccc3)CC2)cc1. The van der Waals surface area contributed by atoms with E-state index < -0.39 is 0 Å². The van der Waals surface area contributed by atoms with Gasteiger partial charge in [0, 0.05) is 6.54 Å². The van der Waals surface area contributed by atoms with Gasteiger partial charge in [0.05, 0.1) is 17.7 Å². The molecule has 3 heteroatoms. The summed E-state index contributed by atoms with van der Waals surface area (Å²) in [6.07, 6.45) is 3.73. The van der Waals surface area contributed by atoms with Crippen LogP contribution in [0.1, 0.15) is 36.0 Å². The van der Waals surface area contributed by atoms with Gasteiger partial charge in [-0.3, -0.25) is 4.90 Å². The fraction of sp³-hybridized carbons (Fsp3) is 0.409. The van der Waals surface area contributed by atoms with Gasteiger partial charge in [-0.1, -0.05) is 42.5 Å². The molecule has 0 saturated carbocycles. The fourth-order valence-electron chi connectivity index (χ4n) is 3.63. The predicted molar refractivity (Wildman–Crippen MR) is 99.9 cm³/mol. The van der Waals surface area contributed by atoms with Gasteiger partial charge in [0.2, 0.25) is 0 Å². The van der Waals surface area contributed by atoms with Crippen LogP contribution in [0.25, 0.3) is 0 Å². The number of piperidine rings is 1. The van der Waals surface area contributed by atoms with Crippen LogP contribution in [-0.4, -0.2) is 29.2 Å². The molecule has 0 aliphatic carbocycles. The van der Waals surface area contributed by atoms with Crippen LogP contribution in [0.5, 0.6) is 0 Å². The van der Waals surface area contributed by atoms with E-state index in [1.54, 1.807) is 0 Å². The molecule has 0 radical (unpaired) electrons. The molecule has 3 nitrogen and oxygen atoms in total. The van der Waals surface area contributed by atoms with Crippen LogP contribution in [0.4, 0.5) is 0 Å². The number of nitrogens with zero attached hydrogens (tertiary/aromatic N) is 2. The third-order valence-corrected chi connectivity index (χ3v) is 5.24. The van der Waals surface area contributed by atoms with Crippen molar-refractivity contribution >= 4 is 0 Å². The molecule has 130 valence electrons. The summed E-state index contributed by atoms with van der Waals surface area (Å²) in [5.41, 5.74) is 3.27. The molecule has 2 aromatic carbocycles. The van der Waals surface area contributed by atoms with Gasteiger partial charge in [-0.25, -0.2) is 0 Å². The molecular weight excluding hydrogens is 308 g/mol. The molecule has 0 bridgehead atoms. The second-order valence-corrected chi connectivity index (χ2v) is 7.01. The Bertz CT molecular complexity index is 682. The van der Waals surface area contributed by atoms with Crippen LogP contribution in [0.15, 0.2) is 54.6 Å².